The van der Waals surface area contributed by atoms with E-state index >= 15 is 0 Å². The van der Waals surface area contributed by atoms with Crippen molar-refractivity contribution >= 4 is 61.4 Å². The van der Waals surface area contributed by atoms with Gasteiger partial charge in [-0.25, -0.2) is 14.8 Å². The summed E-state index contributed by atoms with van der Waals surface area (Å²) in [7, 11) is 1.84. The molecule has 0 unspecified atom stereocenters. The molecule has 1 amide bonds. The number of thiazole rings is 1. The Morgan fingerprint density at radius 2 is 1.85 bits per heavy atom. The van der Waals surface area contributed by atoms with E-state index in [1.54, 1.807) is 22.3 Å². The Balaban J connectivity index is 1.50. The van der Waals surface area contributed by atoms with Crippen LogP contribution in [0.15, 0.2) is 30.3 Å². The Hall–Kier alpha value is -3.56. The first-order valence-corrected chi connectivity index (χ1v) is 15.0. The van der Waals surface area contributed by atoms with Crippen LogP contribution in [0.25, 0.3) is 42.9 Å². The van der Waals surface area contributed by atoms with E-state index < -0.39 is 5.97 Å². The van der Waals surface area contributed by atoms with E-state index in [0.29, 0.717) is 10.8 Å². The third kappa shape index (κ3) is 3.74. The first kappa shape index (κ1) is 24.5. The van der Waals surface area contributed by atoms with Crippen molar-refractivity contribution in [2.45, 2.75) is 58.4 Å². The van der Waals surface area contributed by atoms with Gasteiger partial charge in [-0.3, -0.25) is 4.79 Å². The van der Waals surface area contributed by atoms with Gasteiger partial charge in [-0.1, -0.05) is 19.3 Å². The highest BCUT2D eigenvalue weighted by Crippen LogP contribution is 2.50. The lowest BCUT2D eigenvalue weighted by Crippen LogP contribution is -2.28. The van der Waals surface area contributed by atoms with E-state index in [4.69, 9.17) is 4.98 Å². The standard InChI is InChI=1S/C30H28N4O3S2/c1-15-28(38-16(2)31-15)21-12-9-18-20(32-21)11-10-19-26(18)33(3)24(35)14-34-22-13-23(30(36)37)39-29(22)25(27(19)34)17-7-5-4-6-8-17/h9-13,17H,4-8,14H2,1-3H3,(H,36,37). The molecule has 0 saturated heterocycles. The van der Waals surface area contributed by atoms with Gasteiger partial charge in [0.25, 0.3) is 0 Å². The second-order valence-electron chi connectivity index (χ2n) is 10.6. The number of hydrogen-bond donors (Lipinski definition) is 1. The highest BCUT2D eigenvalue weighted by molar-refractivity contribution is 7.21. The largest absolute Gasteiger partial charge is 0.477 e. The highest BCUT2D eigenvalue weighted by atomic mass is 32.1. The molecule has 39 heavy (non-hydrogen) atoms. The Morgan fingerprint density at radius 1 is 1.05 bits per heavy atom. The lowest BCUT2D eigenvalue weighted by Gasteiger charge is -2.24. The number of anilines is 1. The third-order valence-electron chi connectivity index (χ3n) is 8.23. The summed E-state index contributed by atoms with van der Waals surface area (Å²) in [5.74, 6) is -0.606. The Bertz CT molecular complexity index is 1820. The van der Waals surface area contributed by atoms with Gasteiger partial charge in [0, 0.05) is 18.0 Å². The smallest absolute Gasteiger partial charge is 0.345 e. The zero-order valence-electron chi connectivity index (χ0n) is 22.1. The molecule has 1 aliphatic heterocycles. The normalized spacial score (nSPS) is 16.1. The van der Waals surface area contributed by atoms with E-state index in [1.165, 1.54) is 36.2 Å². The SMILES string of the molecule is Cc1nc(C)c(-c2ccc3c4c(ccc3n2)-c2c(C3CCCCC3)c3sc(C(=O)O)cc3n2CC(=O)N4C)s1. The summed E-state index contributed by atoms with van der Waals surface area (Å²) < 4.78 is 3.09. The summed E-state index contributed by atoms with van der Waals surface area (Å²) in [6.45, 7) is 4.19. The second kappa shape index (κ2) is 8.99. The molecule has 9 heteroatoms. The van der Waals surface area contributed by atoms with Crippen LogP contribution < -0.4 is 4.90 Å². The number of benzene rings is 1. The maximum atomic E-state index is 13.7. The van der Waals surface area contributed by atoms with Crippen molar-refractivity contribution in [1.29, 1.82) is 0 Å². The highest BCUT2D eigenvalue weighted by Gasteiger charge is 2.34. The third-order valence-corrected chi connectivity index (χ3v) is 10.5. The first-order valence-electron chi connectivity index (χ1n) is 13.4. The van der Waals surface area contributed by atoms with Crippen LogP contribution in [0.5, 0.6) is 0 Å². The second-order valence-corrected chi connectivity index (χ2v) is 12.9. The van der Waals surface area contributed by atoms with Gasteiger partial charge in [0.1, 0.15) is 11.4 Å². The van der Waals surface area contributed by atoms with Gasteiger partial charge in [-0.2, -0.15) is 0 Å². The fourth-order valence-electron chi connectivity index (χ4n) is 6.48. The van der Waals surface area contributed by atoms with E-state index in [0.717, 1.165) is 72.2 Å². The molecule has 1 aromatic carbocycles. The molecule has 0 bridgehead atoms. The van der Waals surface area contributed by atoms with Crippen LogP contribution in [0, 0.1) is 13.8 Å². The minimum Gasteiger partial charge on any atom is -0.477 e. The van der Waals surface area contributed by atoms with Crippen molar-refractivity contribution in [3.8, 4) is 21.8 Å². The molecule has 198 valence electrons. The molecule has 1 fully saturated rings. The molecule has 4 aromatic heterocycles. The van der Waals surface area contributed by atoms with Crippen LogP contribution in [-0.4, -0.2) is 38.6 Å². The number of pyridine rings is 1. The maximum absolute atomic E-state index is 13.7. The Kier molecular flexibility index (Phi) is 5.64. The number of amides is 1. The van der Waals surface area contributed by atoms with Crippen LogP contribution in [-0.2, 0) is 11.3 Å². The molecule has 5 aromatic rings. The van der Waals surface area contributed by atoms with Crippen molar-refractivity contribution in [2.24, 2.45) is 0 Å². The lowest BCUT2D eigenvalue weighted by atomic mass is 9.82. The number of aryl methyl sites for hydroxylation is 2. The van der Waals surface area contributed by atoms with E-state index in [9.17, 15) is 14.7 Å². The molecule has 2 aliphatic rings. The molecule has 1 aliphatic carbocycles. The Labute approximate surface area is 233 Å². The van der Waals surface area contributed by atoms with Crippen LogP contribution in [0.1, 0.15) is 64.0 Å². The molecule has 0 spiro atoms. The minimum atomic E-state index is -0.920. The summed E-state index contributed by atoms with van der Waals surface area (Å²) in [4.78, 5) is 38.3. The van der Waals surface area contributed by atoms with E-state index in [1.807, 2.05) is 27.0 Å². The number of carbonyl (C=O) groups is 2. The predicted octanol–water partition coefficient (Wildman–Crippen LogP) is 7.38. The molecule has 5 heterocycles. The number of aromatic nitrogens is 3. The van der Waals surface area contributed by atoms with Gasteiger partial charge in [0.05, 0.1) is 48.4 Å². The molecular formula is C30H28N4O3S2. The van der Waals surface area contributed by atoms with Crippen LogP contribution in [0.2, 0.25) is 0 Å². The first-order chi connectivity index (χ1) is 18.8. The number of carbonyl (C=O) groups excluding carboxylic acids is 1. The Morgan fingerprint density at radius 3 is 2.56 bits per heavy atom. The number of likely N-dealkylation sites (N-methyl/N-ethyl adjacent to an activating group) is 1. The number of thiophene rings is 1. The maximum Gasteiger partial charge on any atom is 0.345 e. The van der Waals surface area contributed by atoms with Crippen LogP contribution >= 0.6 is 22.7 Å². The molecule has 7 rings (SSSR count). The van der Waals surface area contributed by atoms with Crippen molar-refractivity contribution < 1.29 is 14.7 Å². The van der Waals surface area contributed by atoms with E-state index in [-0.39, 0.29) is 12.5 Å². The number of aromatic carboxylic acids is 1. The van der Waals surface area contributed by atoms with Crippen molar-refractivity contribution in [3.05, 3.63) is 51.5 Å². The summed E-state index contributed by atoms with van der Waals surface area (Å²) in [6.07, 6.45) is 5.73. The van der Waals surface area contributed by atoms with Gasteiger partial charge in [-0.05, 0) is 68.5 Å². The van der Waals surface area contributed by atoms with Crippen molar-refractivity contribution in [1.82, 2.24) is 14.5 Å². The molecular weight excluding hydrogens is 528 g/mol. The minimum absolute atomic E-state index is 0.0318. The molecule has 1 saturated carbocycles. The van der Waals surface area contributed by atoms with Crippen molar-refractivity contribution in [2.75, 3.05) is 11.9 Å². The monoisotopic (exact) mass is 556 g/mol. The van der Waals surface area contributed by atoms with E-state index in [2.05, 4.69) is 27.8 Å². The predicted molar refractivity (Wildman–Crippen MR) is 157 cm³/mol. The zero-order chi connectivity index (χ0) is 27.0. The van der Waals surface area contributed by atoms with Crippen LogP contribution in [0.4, 0.5) is 5.69 Å². The number of rotatable bonds is 3. The summed E-state index contributed by atoms with van der Waals surface area (Å²) >= 11 is 2.99. The number of fused-ring (bicyclic) bond motifs is 7. The summed E-state index contributed by atoms with van der Waals surface area (Å²) in [5.41, 5.74) is 7.71. The fourth-order valence-corrected chi connectivity index (χ4v) is 8.50. The number of carboxylic acid groups (broad SMARTS) is 1. The van der Waals surface area contributed by atoms with Crippen LogP contribution in [0.3, 0.4) is 0 Å². The average molecular weight is 557 g/mol. The summed E-state index contributed by atoms with van der Waals surface area (Å²) in [6, 6.07) is 10.0. The van der Waals surface area contributed by atoms with Gasteiger partial charge in [0.15, 0.2) is 0 Å². The quantitative estimate of drug-likeness (QED) is 0.250. The number of nitrogens with zero attached hydrogens (tertiary/aromatic N) is 4. The lowest BCUT2D eigenvalue weighted by molar-refractivity contribution is -0.118. The molecule has 7 nitrogen and oxygen atoms in total. The number of hydrogen-bond acceptors (Lipinski definition) is 6. The molecule has 1 N–H and O–H groups in total. The van der Waals surface area contributed by atoms with Gasteiger partial charge >= 0.3 is 5.97 Å². The fraction of sp³-hybridized carbons (Fsp3) is 0.333. The number of carboxylic acids is 1. The molecule has 0 atom stereocenters. The summed E-state index contributed by atoms with van der Waals surface area (Å²) in [5, 5.41) is 11.7. The topological polar surface area (TPSA) is 88.3 Å². The van der Waals surface area contributed by atoms with Gasteiger partial charge in [0.2, 0.25) is 5.91 Å². The zero-order valence-corrected chi connectivity index (χ0v) is 23.7. The molecule has 0 radical (unpaired) electrons. The van der Waals surface area contributed by atoms with Crippen molar-refractivity contribution in [3.63, 3.8) is 0 Å². The average Bonchev–Trinajstić information content (AvgIpc) is 3.57. The van der Waals surface area contributed by atoms with Gasteiger partial charge in [-0.15, -0.1) is 22.7 Å². The van der Waals surface area contributed by atoms with Gasteiger partial charge < -0.3 is 14.6 Å².